The van der Waals surface area contributed by atoms with E-state index in [-0.39, 0.29) is 17.2 Å². The maximum atomic E-state index is 12.0. The summed E-state index contributed by atoms with van der Waals surface area (Å²) in [6.45, 7) is 0.762. The van der Waals surface area contributed by atoms with Crippen LogP contribution < -0.4 is 5.32 Å². The molecule has 1 heterocycles. The number of rotatable bonds is 4. The van der Waals surface area contributed by atoms with E-state index < -0.39 is 0 Å². The van der Waals surface area contributed by atoms with Crippen molar-refractivity contribution in [2.75, 3.05) is 6.54 Å². The molecule has 1 amide bonds. The first-order valence-electron chi connectivity index (χ1n) is 7.73. The Bertz CT molecular complexity index is 698. The Morgan fingerprint density at radius 2 is 2.19 bits per heavy atom. The van der Waals surface area contributed by atoms with Gasteiger partial charge in [-0.3, -0.25) is 4.79 Å². The van der Waals surface area contributed by atoms with Crippen LogP contribution in [0.4, 0.5) is 0 Å². The number of hydrogen-bond donors (Lipinski definition) is 2. The Hall–Kier alpha value is -1.48. The average Bonchev–Trinajstić information content (AvgIpc) is 3.07. The van der Waals surface area contributed by atoms with Gasteiger partial charge < -0.3 is 10.3 Å². The van der Waals surface area contributed by atoms with E-state index in [9.17, 15) is 4.79 Å². The van der Waals surface area contributed by atoms with E-state index in [1.807, 2.05) is 12.1 Å². The second kappa shape index (κ2) is 4.77. The van der Waals surface area contributed by atoms with Crippen molar-refractivity contribution in [3.63, 3.8) is 0 Å². The molecule has 2 aromatic rings. The molecular weight excluding hydrogens is 284 g/mol. The molecule has 0 spiro atoms. The highest BCUT2D eigenvalue weighted by Crippen LogP contribution is 2.50. The minimum Gasteiger partial charge on any atom is -0.361 e. The van der Waals surface area contributed by atoms with Crippen LogP contribution in [0.3, 0.4) is 0 Å². The quantitative estimate of drug-likeness (QED) is 0.887. The highest BCUT2D eigenvalue weighted by atomic mass is 35.5. The first kappa shape index (κ1) is 13.2. The molecule has 2 aliphatic rings. The van der Waals surface area contributed by atoms with Gasteiger partial charge in [0, 0.05) is 40.0 Å². The Morgan fingerprint density at radius 1 is 1.38 bits per heavy atom. The van der Waals surface area contributed by atoms with Crippen LogP contribution in [0, 0.1) is 5.92 Å². The third-order valence-electron chi connectivity index (χ3n) is 5.15. The molecule has 1 aromatic heterocycles. The lowest BCUT2D eigenvalue weighted by atomic mass is 9.84. The molecule has 2 fully saturated rings. The molecule has 2 saturated carbocycles. The molecule has 2 aliphatic carbocycles. The third kappa shape index (κ3) is 2.24. The van der Waals surface area contributed by atoms with E-state index in [2.05, 4.69) is 22.6 Å². The van der Waals surface area contributed by atoms with E-state index >= 15 is 0 Å². The zero-order chi connectivity index (χ0) is 14.4. The monoisotopic (exact) mass is 302 g/mol. The number of benzene rings is 1. The number of H-pyrrole nitrogens is 1. The zero-order valence-electron chi connectivity index (χ0n) is 11.9. The molecule has 21 heavy (non-hydrogen) atoms. The van der Waals surface area contributed by atoms with Gasteiger partial charge in [-0.25, -0.2) is 0 Å². The van der Waals surface area contributed by atoms with Crippen LogP contribution in [-0.4, -0.2) is 17.4 Å². The van der Waals surface area contributed by atoms with Gasteiger partial charge in [0.1, 0.15) is 0 Å². The molecule has 0 bridgehead atoms. The fraction of sp³-hybridized carbons (Fsp3) is 0.471. The fourth-order valence-electron chi connectivity index (χ4n) is 3.30. The van der Waals surface area contributed by atoms with Gasteiger partial charge in [0.2, 0.25) is 5.91 Å². The highest BCUT2D eigenvalue weighted by molar-refractivity contribution is 6.31. The van der Waals surface area contributed by atoms with E-state index in [0.717, 1.165) is 42.8 Å². The SMILES string of the molecule is O=C(NCC1(c2c[nH]c3cc(Cl)ccc23)CC1)C1CCC1. The van der Waals surface area contributed by atoms with Gasteiger partial charge in [-0.2, -0.15) is 0 Å². The molecule has 4 rings (SSSR count). The van der Waals surface area contributed by atoms with E-state index in [1.165, 1.54) is 17.4 Å². The number of nitrogens with one attached hydrogen (secondary N) is 2. The first-order chi connectivity index (χ1) is 10.2. The maximum absolute atomic E-state index is 12.0. The van der Waals surface area contributed by atoms with Gasteiger partial charge in [-0.15, -0.1) is 0 Å². The number of carbonyl (C=O) groups is 1. The van der Waals surface area contributed by atoms with Crippen molar-refractivity contribution in [1.82, 2.24) is 10.3 Å². The second-order valence-corrected chi connectivity index (χ2v) is 6.95. The normalized spacial score (nSPS) is 20.2. The molecule has 0 saturated heterocycles. The van der Waals surface area contributed by atoms with Gasteiger partial charge in [0.05, 0.1) is 0 Å². The summed E-state index contributed by atoms with van der Waals surface area (Å²) in [5, 5.41) is 5.15. The lowest BCUT2D eigenvalue weighted by Crippen LogP contribution is -2.38. The van der Waals surface area contributed by atoms with Crippen LogP contribution in [0.1, 0.15) is 37.7 Å². The van der Waals surface area contributed by atoms with E-state index in [0.29, 0.717) is 0 Å². The summed E-state index contributed by atoms with van der Waals surface area (Å²) in [4.78, 5) is 15.4. The Kier molecular flexibility index (Phi) is 3.00. The number of fused-ring (bicyclic) bond motifs is 1. The first-order valence-corrected chi connectivity index (χ1v) is 8.11. The van der Waals surface area contributed by atoms with Gasteiger partial charge in [-0.1, -0.05) is 24.1 Å². The van der Waals surface area contributed by atoms with Crippen molar-refractivity contribution < 1.29 is 4.79 Å². The number of aromatic nitrogens is 1. The molecular formula is C17H19ClN2O. The summed E-state index contributed by atoms with van der Waals surface area (Å²) >= 11 is 6.04. The number of carbonyl (C=O) groups excluding carboxylic acids is 1. The van der Waals surface area contributed by atoms with Gasteiger partial charge in [0.25, 0.3) is 0 Å². The third-order valence-corrected chi connectivity index (χ3v) is 5.38. The van der Waals surface area contributed by atoms with Crippen molar-refractivity contribution in [2.24, 2.45) is 5.92 Å². The summed E-state index contributed by atoms with van der Waals surface area (Å²) in [6.07, 6.45) is 7.70. The summed E-state index contributed by atoms with van der Waals surface area (Å²) in [7, 11) is 0. The van der Waals surface area contributed by atoms with Crippen molar-refractivity contribution in [3.05, 3.63) is 35.0 Å². The Balaban J connectivity index is 1.54. The zero-order valence-corrected chi connectivity index (χ0v) is 12.7. The number of aromatic amines is 1. The summed E-state index contributed by atoms with van der Waals surface area (Å²) in [5.41, 5.74) is 2.53. The standard InChI is InChI=1S/C17H19ClN2O/c18-12-4-5-13-14(9-19-15(13)8-12)17(6-7-17)10-20-16(21)11-2-1-3-11/h4-5,8-9,11,19H,1-3,6-7,10H2,(H,20,21). The van der Waals surface area contributed by atoms with Crippen molar-refractivity contribution in [3.8, 4) is 0 Å². The molecule has 0 unspecified atom stereocenters. The summed E-state index contributed by atoms with van der Waals surface area (Å²) in [5.74, 6) is 0.512. The fourth-order valence-corrected chi connectivity index (χ4v) is 3.47. The van der Waals surface area contributed by atoms with Crippen LogP contribution in [-0.2, 0) is 10.2 Å². The largest absolute Gasteiger partial charge is 0.361 e. The summed E-state index contributed by atoms with van der Waals surface area (Å²) < 4.78 is 0. The van der Waals surface area contributed by atoms with E-state index in [4.69, 9.17) is 11.6 Å². The van der Waals surface area contributed by atoms with Crippen LogP contribution in [0.25, 0.3) is 10.9 Å². The minimum atomic E-state index is 0.130. The predicted molar refractivity (Wildman–Crippen MR) is 84.6 cm³/mol. The van der Waals surface area contributed by atoms with Crippen LogP contribution in [0.15, 0.2) is 24.4 Å². The molecule has 2 N–H and O–H groups in total. The van der Waals surface area contributed by atoms with Crippen LogP contribution in [0.5, 0.6) is 0 Å². The molecule has 0 aliphatic heterocycles. The molecule has 1 aromatic carbocycles. The van der Waals surface area contributed by atoms with Gasteiger partial charge >= 0.3 is 0 Å². The lowest BCUT2D eigenvalue weighted by Gasteiger charge is -2.25. The smallest absolute Gasteiger partial charge is 0.223 e. The predicted octanol–water partition coefficient (Wildman–Crippen LogP) is 3.77. The van der Waals surface area contributed by atoms with Crippen molar-refractivity contribution >= 4 is 28.4 Å². The second-order valence-electron chi connectivity index (χ2n) is 6.52. The molecule has 3 nitrogen and oxygen atoms in total. The van der Waals surface area contributed by atoms with Gasteiger partial charge in [0.15, 0.2) is 0 Å². The average molecular weight is 303 g/mol. The highest BCUT2D eigenvalue weighted by Gasteiger charge is 2.46. The molecule has 4 heteroatoms. The summed E-state index contributed by atoms with van der Waals surface area (Å²) in [6, 6.07) is 5.98. The molecule has 110 valence electrons. The number of hydrogen-bond acceptors (Lipinski definition) is 1. The Morgan fingerprint density at radius 3 is 2.86 bits per heavy atom. The lowest BCUT2D eigenvalue weighted by molar-refractivity contribution is -0.127. The minimum absolute atomic E-state index is 0.130. The van der Waals surface area contributed by atoms with E-state index in [1.54, 1.807) is 0 Å². The topological polar surface area (TPSA) is 44.9 Å². The van der Waals surface area contributed by atoms with Crippen LogP contribution >= 0.6 is 11.6 Å². The Labute approximate surface area is 129 Å². The molecule has 0 radical (unpaired) electrons. The maximum Gasteiger partial charge on any atom is 0.223 e. The van der Waals surface area contributed by atoms with Gasteiger partial charge in [-0.05, 0) is 43.4 Å². The van der Waals surface area contributed by atoms with Crippen molar-refractivity contribution in [2.45, 2.75) is 37.5 Å². The number of amides is 1. The van der Waals surface area contributed by atoms with Crippen LogP contribution in [0.2, 0.25) is 5.02 Å². The number of halogens is 1. The molecule has 0 atom stereocenters. The van der Waals surface area contributed by atoms with Crippen molar-refractivity contribution in [1.29, 1.82) is 0 Å².